The maximum Gasteiger partial charge on any atom is 0.268 e. The quantitative estimate of drug-likeness (QED) is 0.524. The lowest BCUT2D eigenvalue weighted by molar-refractivity contribution is 0.0948. The molecule has 1 amide bonds. The largest absolute Gasteiger partial charge is 0.354 e. The molecule has 0 bridgehead atoms. The van der Waals surface area contributed by atoms with Crippen molar-refractivity contribution < 1.29 is 9.59 Å². The lowest BCUT2D eigenvalue weighted by atomic mass is 10.0. The molecule has 0 aliphatic rings. The Hall–Kier alpha value is -1.62. The van der Waals surface area contributed by atoms with Crippen LogP contribution in [-0.2, 0) is 6.42 Å². The van der Waals surface area contributed by atoms with Gasteiger partial charge in [-0.1, -0.05) is 6.92 Å². The molecule has 1 heterocycles. The average molecular weight is 251 g/mol. The van der Waals surface area contributed by atoms with E-state index in [1.807, 2.05) is 13.8 Å². The summed E-state index contributed by atoms with van der Waals surface area (Å²) in [5.41, 5.74) is 8.06. The first-order valence-electron chi connectivity index (χ1n) is 6.23. The van der Waals surface area contributed by atoms with E-state index >= 15 is 0 Å². The number of carbonyl (C=O) groups is 2. The van der Waals surface area contributed by atoms with Gasteiger partial charge in [0.25, 0.3) is 5.91 Å². The van der Waals surface area contributed by atoms with Crippen molar-refractivity contribution in [1.82, 2.24) is 10.3 Å². The van der Waals surface area contributed by atoms with Gasteiger partial charge in [-0.15, -0.1) is 0 Å². The van der Waals surface area contributed by atoms with E-state index in [4.69, 9.17) is 5.73 Å². The molecule has 0 spiro atoms. The Morgan fingerprint density at radius 3 is 2.56 bits per heavy atom. The lowest BCUT2D eigenvalue weighted by Gasteiger charge is -2.05. The number of aromatic amines is 1. The fraction of sp³-hybridized carbons (Fsp3) is 0.538. The maximum absolute atomic E-state index is 12.0. The molecule has 0 atom stereocenters. The van der Waals surface area contributed by atoms with Gasteiger partial charge in [-0.2, -0.15) is 0 Å². The van der Waals surface area contributed by atoms with Gasteiger partial charge in [-0.05, 0) is 38.8 Å². The number of aryl methyl sites for hydroxylation is 1. The van der Waals surface area contributed by atoms with Gasteiger partial charge < -0.3 is 16.0 Å². The Labute approximate surface area is 107 Å². The Balaban J connectivity index is 2.98. The topological polar surface area (TPSA) is 88.0 Å². The summed E-state index contributed by atoms with van der Waals surface area (Å²) >= 11 is 0. The van der Waals surface area contributed by atoms with Gasteiger partial charge in [0.05, 0.1) is 0 Å². The van der Waals surface area contributed by atoms with Gasteiger partial charge >= 0.3 is 0 Å². The number of carbonyl (C=O) groups excluding carboxylic acids is 2. The molecule has 5 nitrogen and oxygen atoms in total. The number of nitrogens with one attached hydrogen (secondary N) is 2. The zero-order chi connectivity index (χ0) is 13.7. The van der Waals surface area contributed by atoms with E-state index in [9.17, 15) is 9.59 Å². The number of aromatic nitrogens is 1. The summed E-state index contributed by atoms with van der Waals surface area (Å²) in [6, 6.07) is 0. The van der Waals surface area contributed by atoms with Crippen molar-refractivity contribution in [2.75, 3.05) is 13.1 Å². The number of nitrogens with two attached hydrogens (primary N) is 1. The number of amides is 1. The zero-order valence-corrected chi connectivity index (χ0v) is 11.2. The fourth-order valence-electron chi connectivity index (χ4n) is 2.09. The summed E-state index contributed by atoms with van der Waals surface area (Å²) in [6.45, 7) is 6.36. The average Bonchev–Trinajstić information content (AvgIpc) is 2.66. The van der Waals surface area contributed by atoms with Crippen LogP contribution in [0.2, 0.25) is 0 Å². The maximum atomic E-state index is 12.0. The van der Waals surface area contributed by atoms with Crippen molar-refractivity contribution in [1.29, 1.82) is 0 Å². The van der Waals surface area contributed by atoms with Crippen molar-refractivity contribution in [2.45, 2.75) is 33.6 Å². The Morgan fingerprint density at radius 2 is 2.06 bits per heavy atom. The van der Waals surface area contributed by atoms with E-state index in [2.05, 4.69) is 10.3 Å². The van der Waals surface area contributed by atoms with Crippen LogP contribution in [0.25, 0.3) is 0 Å². The first kappa shape index (κ1) is 14.4. The number of H-pyrrole nitrogens is 1. The third kappa shape index (κ3) is 2.98. The van der Waals surface area contributed by atoms with Gasteiger partial charge in [-0.25, -0.2) is 0 Å². The van der Waals surface area contributed by atoms with Gasteiger partial charge in [-0.3, -0.25) is 9.59 Å². The monoisotopic (exact) mass is 251 g/mol. The highest BCUT2D eigenvalue weighted by atomic mass is 16.2. The highest BCUT2D eigenvalue weighted by Gasteiger charge is 2.20. The van der Waals surface area contributed by atoms with E-state index in [1.54, 1.807) is 0 Å². The smallest absolute Gasteiger partial charge is 0.268 e. The Morgan fingerprint density at radius 1 is 1.39 bits per heavy atom. The molecule has 5 heteroatoms. The van der Waals surface area contributed by atoms with Gasteiger partial charge in [0.1, 0.15) is 5.69 Å². The van der Waals surface area contributed by atoms with Crippen LogP contribution in [0.5, 0.6) is 0 Å². The first-order chi connectivity index (χ1) is 8.52. The zero-order valence-electron chi connectivity index (χ0n) is 11.2. The van der Waals surface area contributed by atoms with Crippen LogP contribution in [-0.4, -0.2) is 29.8 Å². The molecule has 0 saturated carbocycles. The minimum atomic E-state index is -0.170. The predicted octanol–water partition coefficient (Wildman–Crippen LogP) is 1.17. The van der Waals surface area contributed by atoms with E-state index in [0.29, 0.717) is 30.8 Å². The summed E-state index contributed by atoms with van der Waals surface area (Å²) in [5, 5.41) is 2.79. The van der Waals surface area contributed by atoms with Crippen LogP contribution in [0.1, 0.15) is 52.4 Å². The van der Waals surface area contributed by atoms with Crippen LogP contribution in [0.15, 0.2) is 0 Å². The summed E-state index contributed by atoms with van der Waals surface area (Å²) in [6.07, 6.45) is 1.39. The molecule has 1 aromatic rings. The molecular formula is C13H21N3O2. The molecule has 0 aliphatic heterocycles. The number of hydrogen-bond acceptors (Lipinski definition) is 3. The molecule has 0 fully saturated rings. The summed E-state index contributed by atoms with van der Waals surface area (Å²) in [5.74, 6) is -0.183. The minimum Gasteiger partial charge on any atom is -0.354 e. The number of ketones is 1. The number of Topliss-reactive ketones (excluding diaryl/α,β-unsaturated/α-hetero) is 1. The second-order valence-electron chi connectivity index (χ2n) is 4.29. The van der Waals surface area contributed by atoms with E-state index in [-0.39, 0.29) is 11.7 Å². The summed E-state index contributed by atoms with van der Waals surface area (Å²) in [4.78, 5) is 26.6. The summed E-state index contributed by atoms with van der Waals surface area (Å²) in [7, 11) is 0. The van der Waals surface area contributed by atoms with Gasteiger partial charge in [0, 0.05) is 17.8 Å². The lowest BCUT2D eigenvalue weighted by Crippen LogP contribution is -2.27. The second-order valence-corrected chi connectivity index (χ2v) is 4.29. The molecule has 0 radical (unpaired) electrons. The van der Waals surface area contributed by atoms with Crippen molar-refractivity contribution in [3.63, 3.8) is 0 Å². The molecule has 18 heavy (non-hydrogen) atoms. The highest BCUT2D eigenvalue weighted by molar-refractivity contribution is 6.02. The van der Waals surface area contributed by atoms with Crippen LogP contribution in [0.3, 0.4) is 0 Å². The molecule has 100 valence electrons. The van der Waals surface area contributed by atoms with Crippen LogP contribution in [0.4, 0.5) is 0 Å². The van der Waals surface area contributed by atoms with E-state index < -0.39 is 0 Å². The Kier molecular flexibility index (Phi) is 5.09. The van der Waals surface area contributed by atoms with Crippen LogP contribution >= 0.6 is 0 Å². The molecule has 0 unspecified atom stereocenters. The van der Waals surface area contributed by atoms with Crippen molar-refractivity contribution >= 4 is 11.7 Å². The van der Waals surface area contributed by atoms with Crippen LogP contribution < -0.4 is 11.1 Å². The fourth-order valence-corrected chi connectivity index (χ4v) is 2.09. The van der Waals surface area contributed by atoms with Gasteiger partial charge in [0.2, 0.25) is 0 Å². The highest BCUT2D eigenvalue weighted by Crippen LogP contribution is 2.20. The standard InChI is InChI=1S/C13H21N3O2/c1-4-10-11(9(3)17)8(2)16-12(10)13(18)15-7-5-6-14/h16H,4-7,14H2,1-3H3,(H,15,18). The third-order valence-corrected chi connectivity index (χ3v) is 2.89. The molecule has 0 aliphatic carbocycles. The molecular weight excluding hydrogens is 230 g/mol. The van der Waals surface area contributed by atoms with Crippen molar-refractivity contribution in [3.8, 4) is 0 Å². The molecule has 1 rings (SSSR count). The number of hydrogen-bond donors (Lipinski definition) is 3. The molecule has 0 aromatic carbocycles. The van der Waals surface area contributed by atoms with Crippen molar-refractivity contribution in [2.24, 2.45) is 5.73 Å². The minimum absolute atomic E-state index is 0.0124. The normalized spacial score (nSPS) is 10.4. The van der Waals surface area contributed by atoms with E-state index in [1.165, 1.54) is 6.92 Å². The predicted molar refractivity (Wildman–Crippen MR) is 70.9 cm³/mol. The summed E-state index contributed by atoms with van der Waals surface area (Å²) < 4.78 is 0. The van der Waals surface area contributed by atoms with E-state index in [0.717, 1.165) is 17.7 Å². The molecule has 0 saturated heterocycles. The second kappa shape index (κ2) is 6.35. The first-order valence-corrected chi connectivity index (χ1v) is 6.23. The third-order valence-electron chi connectivity index (χ3n) is 2.89. The van der Waals surface area contributed by atoms with Crippen LogP contribution in [0, 0.1) is 6.92 Å². The van der Waals surface area contributed by atoms with Gasteiger partial charge in [0.15, 0.2) is 5.78 Å². The van der Waals surface area contributed by atoms with Crippen molar-refractivity contribution in [3.05, 3.63) is 22.5 Å². The SMILES string of the molecule is CCc1c(C(=O)NCCCN)[nH]c(C)c1C(C)=O. The molecule has 4 N–H and O–H groups in total. The molecule has 1 aromatic heterocycles. The Bertz CT molecular complexity index is 449. The number of rotatable bonds is 6.